The normalized spacial score (nSPS) is 14.3. The van der Waals surface area contributed by atoms with Crippen molar-refractivity contribution >= 4 is 31.9 Å². The summed E-state index contributed by atoms with van der Waals surface area (Å²) in [5, 5.41) is 8.98. The van der Waals surface area contributed by atoms with Gasteiger partial charge in [0.15, 0.2) is 16.6 Å². The van der Waals surface area contributed by atoms with Crippen LogP contribution in [0.5, 0.6) is 0 Å². The molecule has 0 unspecified atom stereocenters. The SMILES string of the molecule is CC(CCC[SiH](O[Si](C)(C)C)O[Si](C)(C)C)=C(C)C(=O)O. The molecule has 0 saturated heterocycles. The lowest BCUT2D eigenvalue weighted by Gasteiger charge is -2.30. The molecule has 0 rings (SSSR count). The number of aliphatic carboxylic acids is 1. The number of allylic oxidation sites excluding steroid dienone is 1. The van der Waals surface area contributed by atoms with E-state index in [2.05, 4.69) is 39.3 Å². The molecule has 0 amide bonds. The highest BCUT2D eigenvalue weighted by Gasteiger charge is 2.28. The van der Waals surface area contributed by atoms with Crippen LogP contribution in [-0.4, -0.2) is 37.0 Å². The molecule has 0 bridgehead atoms. The molecule has 0 radical (unpaired) electrons. The molecule has 7 heteroatoms. The van der Waals surface area contributed by atoms with Gasteiger partial charge in [-0.15, -0.1) is 0 Å². The molecule has 0 saturated carbocycles. The van der Waals surface area contributed by atoms with E-state index >= 15 is 0 Å². The van der Waals surface area contributed by atoms with E-state index in [0.29, 0.717) is 5.57 Å². The van der Waals surface area contributed by atoms with Crippen molar-refractivity contribution < 1.29 is 18.1 Å². The molecule has 0 atom stereocenters. The first kappa shape index (κ1) is 20.8. The molecule has 0 heterocycles. The minimum Gasteiger partial charge on any atom is -0.478 e. The first-order chi connectivity index (χ1) is 9.32. The van der Waals surface area contributed by atoms with Crippen LogP contribution in [0.4, 0.5) is 0 Å². The molecular formula is C14H32O4Si3. The van der Waals surface area contributed by atoms with Gasteiger partial charge in [0.2, 0.25) is 0 Å². The maximum absolute atomic E-state index is 10.9. The number of carboxylic acids is 1. The third-order valence-corrected chi connectivity index (χ3v) is 11.6. The summed E-state index contributed by atoms with van der Waals surface area (Å²) >= 11 is 0. The van der Waals surface area contributed by atoms with Gasteiger partial charge in [0.1, 0.15) is 0 Å². The van der Waals surface area contributed by atoms with Crippen LogP contribution in [-0.2, 0) is 13.0 Å². The van der Waals surface area contributed by atoms with E-state index in [4.69, 9.17) is 13.3 Å². The van der Waals surface area contributed by atoms with Crippen LogP contribution in [0.3, 0.4) is 0 Å². The summed E-state index contributed by atoms with van der Waals surface area (Å²) in [5.41, 5.74) is 1.42. The Bertz CT molecular complexity index is 365. The number of carboxylic acid groups (broad SMARTS) is 1. The van der Waals surface area contributed by atoms with E-state index in [1.165, 1.54) is 0 Å². The van der Waals surface area contributed by atoms with Crippen molar-refractivity contribution in [3.8, 4) is 0 Å². The van der Waals surface area contributed by atoms with Gasteiger partial charge in [0, 0.05) is 5.57 Å². The van der Waals surface area contributed by atoms with Gasteiger partial charge in [-0.25, -0.2) is 4.79 Å². The van der Waals surface area contributed by atoms with Gasteiger partial charge in [-0.2, -0.15) is 0 Å². The van der Waals surface area contributed by atoms with Crippen molar-refractivity contribution in [3.63, 3.8) is 0 Å². The van der Waals surface area contributed by atoms with Crippen LogP contribution < -0.4 is 0 Å². The van der Waals surface area contributed by atoms with Gasteiger partial charge in [0.05, 0.1) is 0 Å². The number of hydrogen-bond donors (Lipinski definition) is 1. The summed E-state index contributed by atoms with van der Waals surface area (Å²) in [6, 6.07) is 0.957. The van der Waals surface area contributed by atoms with Gasteiger partial charge in [0.25, 0.3) is 0 Å². The maximum atomic E-state index is 10.9. The van der Waals surface area contributed by atoms with Gasteiger partial charge in [-0.1, -0.05) is 5.57 Å². The van der Waals surface area contributed by atoms with Crippen LogP contribution >= 0.6 is 0 Å². The summed E-state index contributed by atoms with van der Waals surface area (Å²) in [5.74, 6) is -0.821. The highest BCUT2D eigenvalue weighted by Crippen LogP contribution is 2.19. The summed E-state index contributed by atoms with van der Waals surface area (Å²) in [4.78, 5) is 10.9. The molecule has 0 fully saturated rings. The minimum atomic E-state index is -1.65. The molecule has 4 nitrogen and oxygen atoms in total. The molecule has 0 aliphatic carbocycles. The molecule has 0 aliphatic rings. The van der Waals surface area contributed by atoms with Crippen LogP contribution in [0.1, 0.15) is 26.7 Å². The Morgan fingerprint density at radius 2 is 1.43 bits per heavy atom. The average Bonchev–Trinajstić information content (AvgIpc) is 2.22. The highest BCUT2D eigenvalue weighted by molar-refractivity contribution is 6.81. The van der Waals surface area contributed by atoms with E-state index in [0.717, 1.165) is 24.5 Å². The average molecular weight is 349 g/mol. The van der Waals surface area contributed by atoms with Crippen LogP contribution in [0, 0.1) is 0 Å². The van der Waals surface area contributed by atoms with Crippen molar-refractivity contribution in [1.29, 1.82) is 0 Å². The number of hydrogen-bond acceptors (Lipinski definition) is 3. The maximum Gasteiger partial charge on any atom is 0.331 e. The fraction of sp³-hybridized carbons (Fsp3) is 0.786. The van der Waals surface area contributed by atoms with Gasteiger partial charge in [-0.05, 0) is 72.0 Å². The Morgan fingerprint density at radius 1 is 1.00 bits per heavy atom. The smallest absolute Gasteiger partial charge is 0.331 e. The van der Waals surface area contributed by atoms with Crippen molar-refractivity contribution in [2.45, 2.75) is 72.0 Å². The van der Waals surface area contributed by atoms with Gasteiger partial charge >= 0.3 is 15.3 Å². The van der Waals surface area contributed by atoms with Crippen molar-refractivity contribution in [2.24, 2.45) is 0 Å². The lowest BCUT2D eigenvalue weighted by Crippen LogP contribution is -2.43. The highest BCUT2D eigenvalue weighted by atomic mass is 28.4. The molecule has 0 spiro atoms. The summed E-state index contributed by atoms with van der Waals surface area (Å²) in [7, 11) is -4.81. The predicted octanol–water partition coefficient (Wildman–Crippen LogP) is 4.11. The fourth-order valence-electron chi connectivity index (χ4n) is 1.83. The Kier molecular flexibility index (Phi) is 8.33. The fourth-order valence-corrected chi connectivity index (χ4v) is 10.2. The van der Waals surface area contributed by atoms with Gasteiger partial charge < -0.3 is 13.3 Å². The molecule has 0 aromatic rings. The molecule has 1 N–H and O–H groups in total. The van der Waals surface area contributed by atoms with E-state index < -0.39 is 31.9 Å². The summed E-state index contributed by atoms with van der Waals surface area (Å²) in [6.45, 7) is 16.7. The zero-order chi connectivity index (χ0) is 16.8. The van der Waals surface area contributed by atoms with Crippen LogP contribution in [0.2, 0.25) is 45.3 Å². The second-order valence-corrected chi connectivity index (χ2v) is 19.3. The molecule has 0 aromatic carbocycles. The van der Waals surface area contributed by atoms with Crippen molar-refractivity contribution in [1.82, 2.24) is 0 Å². The first-order valence-corrected chi connectivity index (χ1v) is 16.1. The molecular weight excluding hydrogens is 316 g/mol. The molecule has 0 aromatic heterocycles. The van der Waals surface area contributed by atoms with E-state index in [1.54, 1.807) is 6.92 Å². The van der Waals surface area contributed by atoms with Crippen molar-refractivity contribution in [2.75, 3.05) is 0 Å². The largest absolute Gasteiger partial charge is 0.478 e. The minimum absolute atomic E-state index is 0.463. The molecule has 124 valence electrons. The molecule has 0 aliphatic heterocycles. The van der Waals surface area contributed by atoms with Gasteiger partial charge in [-0.3, -0.25) is 0 Å². The topological polar surface area (TPSA) is 55.8 Å². The Labute approximate surface area is 133 Å². The number of rotatable bonds is 9. The summed E-state index contributed by atoms with van der Waals surface area (Å²) < 4.78 is 12.5. The Morgan fingerprint density at radius 3 is 1.76 bits per heavy atom. The Balaban J connectivity index is 4.56. The van der Waals surface area contributed by atoms with E-state index in [1.807, 2.05) is 6.92 Å². The third kappa shape index (κ3) is 11.1. The third-order valence-electron chi connectivity index (χ3n) is 2.92. The lowest BCUT2D eigenvalue weighted by molar-refractivity contribution is -0.132. The van der Waals surface area contributed by atoms with E-state index in [-0.39, 0.29) is 0 Å². The second-order valence-electron chi connectivity index (χ2n) is 7.49. The van der Waals surface area contributed by atoms with Crippen LogP contribution in [0.25, 0.3) is 0 Å². The number of carbonyl (C=O) groups is 1. The first-order valence-electron chi connectivity index (χ1n) is 7.57. The zero-order valence-corrected chi connectivity index (χ0v) is 18.0. The van der Waals surface area contributed by atoms with Crippen molar-refractivity contribution in [3.05, 3.63) is 11.1 Å². The van der Waals surface area contributed by atoms with Crippen LogP contribution in [0.15, 0.2) is 11.1 Å². The van der Waals surface area contributed by atoms with E-state index in [9.17, 15) is 4.79 Å². The predicted molar refractivity (Wildman–Crippen MR) is 96.1 cm³/mol. The Hall–Kier alpha value is -0.219. The monoisotopic (exact) mass is 348 g/mol. The zero-order valence-electron chi connectivity index (χ0n) is 14.9. The lowest BCUT2D eigenvalue weighted by atomic mass is 10.1. The standard InChI is InChI=1S/C14H32O4Si3/c1-12(13(2)14(15)16)10-9-11-19(17-20(3,4)5)18-21(6,7)8/h19H,9-11H2,1-8H3,(H,15,16). The quantitative estimate of drug-likeness (QED) is 0.503. The second kappa shape index (κ2) is 8.42. The molecule has 21 heavy (non-hydrogen) atoms. The summed E-state index contributed by atoms with van der Waals surface area (Å²) in [6.07, 6.45) is 1.76.